The van der Waals surface area contributed by atoms with E-state index < -0.39 is 5.60 Å². The maximum Gasteiger partial charge on any atom is 0.246 e. The van der Waals surface area contributed by atoms with Gasteiger partial charge in [-0.1, -0.05) is 43.5 Å². The van der Waals surface area contributed by atoms with Crippen molar-refractivity contribution in [2.45, 2.75) is 57.5 Å². The van der Waals surface area contributed by atoms with Crippen LogP contribution < -0.4 is 10.5 Å². The number of benzene rings is 1. The molecule has 0 unspecified atom stereocenters. The molecule has 1 aliphatic heterocycles. The summed E-state index contributed by atoms with van der Waals surface area (Å²) in [6, 6.07) is 8.78. The minimum atomic E-state index is -0.569. The van der Waals surface area contributed by atoms with E-state index in [1.165, 1.54) is 44.0 Å². The van der Waals surface area contributed by atoms with Crippen LogP contribution in [-0.4, -0.2) is 30.8 Å². The summed E-state index contributed by atoms with van der Waals surface area (Å²) in [6.45, 7) is 4.00. The van der Waals surface area contributed by atoms with E-state index >= 15 is 0 Å². The van der Waals surface area contributed by atoms with Gasteiger partial charge in [0.2, 0.25) is 5.88 Å². The minimum Gasteiger partial charge on any atom is -0.463 e. The number of rotatable bonds is 2. The van der Waals surface area contributed by atoms with Crippen LogP contribution in [0.3, 0.4) is 0 Å². The van der Waals surface area contributed by atoms with E-state index in [0.717, 1.165) is 11.3 Å². The maximum absolute atomic E-state index is 6.05. The summed E-state index contributed by atoms with van der Waals surface area (Å²) in [4.78, 5) is 16.7. The first-order valence-electron chi connectivity index (χ1n) is 10.8. The third-order valence-electron chi connectivity index (χ3n) is 5.86. The summed E-state index contributed by atoms with van der Waals surface area (Å²) in [5, 5.41) is 0. The third-order valence-corrected chi connectivity index (χ3v) is 5.86. The molecule has 1 aliphatic carbocycles. The summed E-state index contributed by atoms with van der Waals surface area (Å²) >= 11 is 0. The van der Waals surface area contributed by atoms with Gasteiger partial charge in [0.25, 0.3) is 0 Å². The van der Waals surface area contributed by atoms with Crippen LogP contribution in [0.5, 0.6) is 5.88 Å². The number of aromatic nitrogens is 4. The minimum absolute atomic E-state index is 0.344. The molecule has 1 fully saturated rings. The molecule has 5 rings (SSSR count). The Kier molecular flexibility index (Phi) is 6.02. The van der Waals surface area contributed by atoms with Crippen molar-refractivity contribution >= 4 is 17.2 Å². The molecule has 1 saturated carbocycles. The lowest BCUT2D eigenvalue weighted by molar-refractivity contribution is 0.171. The van der Waals surface area contributed by atoms with Crippen LogP contribution in [0.25, 0.3) is 0 Å². The van der Waals surface area contributed by atoms with Crippen molar-refractivity contribution in [3.63, 3.8) is 0 Å². The van der Waals surface area contributed by atoms with E-state index in [9.17, 15) is 0 Å². The average Bonchev–Trinajstić information content (AvgIpc) is 3.25. The maximum atomic E-state index is 6.05. The average molecular weight is 419 g/mol. The Labute approximate surface area is 183 Å². The normalized spacial score (nSPS) is 17.6. The zero-order chi connectivity index (χ0) is 21.8. The fraction of sp³-hybridized carbons (Fsp3) is 0.417. The predicted octanol–water partition coefficient (Wildman–Crippen LogP) is 4.82. The highest BCUT2D eigenvalue weighted by molar-refractivity contribution is 6.09. The van der Waals surface area contributed by atoms with Crippen LogP contribution in [0.4, 0.5) is 11.5 Å². The number of nitrogens with two attached hydrogens (primary N) is 1. The molecular weight excluding hydrogens is 388 g/mol. The molecule has 2 aromatic heterocycles. The predicted molar refractivity (Wildman–Crippen MR) is 123 cm³/mol. The number of fused-ring (bicyclic) bond motifs is 1. The number of hydrogen-bond acceptors (Lipinski definition) is 6. The zero-order valence-electron chi connectivity index (χ0n) is 18.5. The van der Waals surface area contributed by atoms with Crippen LogP contribution in [0.15, 0.2) is 54.3 Å². The van der Waals surface area contributed by atoms with Gasteiger partial charge < -0.3 is 15.0 Å². The van der Waals surface area contributed by atoms with Crippen molar-refractivity contribution in [3.8, 4) is 5.88 Å². The van der Waals surface area contributed by atoms with Crippen LogP contribution in [-0.2, 0) is 7.05 Å². The molecule has 0 amide bonds. The number of aliphatic imine (C=N–C) groups is 1. The number of aryl methyl sites for hydroxylation is 1. The monoisotopic (exact) mass is 418 g/mol. The molecule has 31 heavy (non-hydrogen) atoms. The molecule has 1 aromatic carbocycles. The Morgan fingerprint density at radius 1 is 1.06 bits per heavy atom. The van der Waals surface area contributed by atoms with Crippen LogP contribution in [0.2, 0.25) is 0 Å². The van der Waals surface area contributed by atoms with Crippen LogP contribution in [0.1, 0.15) is 63.0 Å². The molecule has 0 saturated heterocycles. The second-order valence-electron chi connectivity index (χ2n) is 8.67. The standard InChI is InChI=1S/C20H24N4O.C4H6N2/c1-20(2)17(24-16-18(21)22-12-23-19(16)25-20)15-10-8-14(9-11-15)13-6-4-3-5-7-13;1-6-3-2-5-4-6/h8-13H,3-7H2,1-2H3,(H2,21,22,23);2-4H,1H3. The Bertz CT molecular complexity index is 1030. The smallest absolute Gasteiger partial charge is 0.246 e. The van der Waals surface area contributed by atoms with Crippen LogP contribution >= 0.6 is 0 Å². The number of hydrogen-bond donors (Lipinski definition) is 1. The zero-order valence-corrected chi connectivity index (χ0v) is 18.5. The molecule has 162 valence electrons. The molecular formula is C24H30N6O. The highest BCUT2D eigenvalue weighted by atomic mass is 16.5. The van der Waals surface area contributed by atoms with E-state index in [1.54, 1.807) is 12.5 Å². The van der Waals surface area contributed by atoms with E-state index in [2.05, 4.69) is 39.2 Å². The second-order valence-corrected chi connectivity index (χ2v) is 8.67. The van der Waals surface area contributed by atoms with Gasteiger partial charge in [0.1, 0.15) is 11.9 Å². The lowest BCUT2D eigenvalue weighted by Gasteiger charge is -2.32. The molecule has 7 nitrogen and oxygen atoms in total. The highest BCUT2D eigenvalue weighted by Crippen LogP contribution is 2.39. The molecule has 0 spiro atoms. The molecule has 0 atom stereocenters. The molecule has 7 heteroatoms. The highest BCUT2D eigenvalue weighted by Gasteiger charge is 2.35. The first-order valence-corrected chi connectivity index (χ1v) is 10.8. The molecule has 3 aromatic rings. The number of ether oxygens (including phenoxy) is 1. The fourth-order valence-corrected chi connectivity index (χ4v) is 4.18. The molecule has 2 N–H and O–H groups in total. The number of nitrogens with zero attached hydrogens (tertiary/aromatic N) is 5. The summed E-state index contributed by atoms with van der Waals surface area (Å²) < 4.78 is 7.94. The summed E-state index contributed by atoms with van der Waals surface area (Å²) in [5.74, 6) is 1.49. The van der Waals surface area contributed by atoms with E-state index in [-0.39, 0.29) is 0 Å². The quantitative estimate of drug-likeness (QED) is 0.644. The lowest BCUT2D eigenvalue weighted by Crippen LogP contribution is -2.41. The number of nitrogen functional groups attached to an aromatic ring is 1. The van der Waals surface area contributed by atoms with Gasteiger partial charge in [0.05, 0.1) is 12.0 Å². The first-order chi connectivity index (χ1) is 14.9. The van der Waals surface area contributed by atoms with Gasteiger partial charge in [-0.25, -0.2) is 15.0 Å². The van der Waals surface area contributed by atoms with E-state index in [0.29, 0.717) is 23.3 Å². The molecule has 0 bridgehead atoms. The van der Waals surface area contributed by atoms with Gasteiger partial charge in [0.15, 0.2) is 11.5 Å². The topological polar surface area (TPSA) is 91.2 Å². The van der Waals surface area contributed by atoms with Gasteiger partial charge in [0, 0.05) is 25.0 Å². The molecule has 0 radical (unpaired) electrons. The van der Waals surface area contributed by atoms with Gasteiger partial charge in [-0.3, -0.25) is 0 Å². The van der Waals surface area contributed by atoms with Crippen molar-refractivity contribution in [2.24, 2.45) is 12.0 Å². The number of anilines is 1. The Hall–Kier alpha value is -3.22. The summed E-state index contributed by atoms with van der Waals surface area (Å²) in [6.07, 6.45) is 13.5. The van der Waals surface area contributed by atoms with Crippen molar-refractivity contribution in [1.29, 1.82) is 0 Å². The summed E-state index contributed by atoms with van der Waals surface area (Å²) in [5.41, 5.74) is 9.25. The second kappa shape index (κ2) is 8.88. The van der Waals surface area contributed by atoms with Crippen molar-refractivity contribution < 1.29 is 4.74 Å². The Morgan fingerprint density at radius 2 is 1.81 bits per heavy atom. The van der Waals surface area contributed by atoms with Crippen molar-refractivity contribution in [2.75, 3.05) is 5.73 Å². The van der Waals surface area contributed by atoms with Crippen LogP contribution in [0, 0.1) is 0 Å². The first kappa shape index (κ1) is 21.0. The SMILES string of the molecule is CC1(C)Oc2ncnc(N)c2N=C1c1ccc(C2CCCCC2)cc1.Cn1ccnc1. The van der Waals surface area contributed by atoms with Gasteiger partial charge in [-0.2, -0.15) is 4.98 Å². The van der Waals surface area contributed by atoms with E-state index in [4.69, 9.17) is 15.5 Å². The van der Waals surface area contributed by atoms with Crippen molar-refractivity contribution in [3.05, 3.63) is 60.4 Å². The summed E-state index contributed by atoms with van der Waals surface area (Å²) in [7, 11) is 1.94. The fourth-order valence-electron chi connectivity index (χ4n) is 4.18. The van der Waals surface area contributed by atoms with Gasteiger partial charge in [-0.05, 0) is 38.2 Å². The van der Waals surface area contributed by atoms with Gasteiger partial charge >= 0.3 is 0 Å². The third kappa shape index (κ3) is 4.76. The molecule has 3 heterocycles. The number of imidazole rings is 1. The Morgan fingerprint density at radius 3 is 2.42 bits per heavy atom. The van der Waals surface area contributed by atoms with Gasteiger partial charge in [-0.15, -0.1) is 0 Å². The van der Waals surface area contributed by atoms with E-state index in [1.807, 2.05) is 31.7 Å². The molecule has 2 aliphatic rings. The largest absolute Gasteiger partial charge is 0.463 e. The lowest BCUT2D eigenvalue weighted by atomic mass is 9.83. The Balaban J connectivity index is 0.000000334. The van der Waals surface area contributed by atoms with Crippen molar-refractivity contribution in [1.82, 2.24) is 19.5 Å².